The highest BCUT2D eigenvalue weighted by molar-refractivity contribution is 6.30. The van der Waals surface area contributed by atoms with E-state index in [-0.39, 0.29) is 16.3 Å². The van der Waals surface area contributed by atoms with E-state index in [9.17, 15) is 4.39 Å². The van der Waals surface area contributed by atoms with Crippen molar-refractivity contribution in [2.24, 2.45) is 5.41 Å². The Morgan fingerprint density at radius 3 is 2.65 bits per heavy atom. The van der Waals surface area contributed by atoms with Crippen molar-refractivity contribution in [2.75, 3.05) is 13.6 Å². The van der Waals surface area contributed by atoms with Crippen molar-refractivity contribution in [1.82, 2.24) is 5.32 Å². The second-order valence-electron chi connectivity index (χ2n) is 5.77. The van der Waals surface area contributed by atoms with Crippen LogP contribution >= 0.6 is 11.6 Å². The van der Waals surface area contributed by atoms with E-state index in [1.165, 1.54) is 12.8 Å². The number of nitrogens with one attached hydrogen (secondary N) is 1. The molecule has 0 radical (unpaired) electrons. The number of halogens is 2. The van der Waals surface area contributed by atoms with E-state index >= 15 is 0 Å². The van der Waals surface area contributed by atoms with Crippen LogP contribution in [0.1, 0.15) is 31.2 Å². The second-order valence-corrected chi connectivity index (χ2v) is 6.17. The standard InChI is InChI=1S/C14H17ClFN/c1-17-9-14(7-13(8-14)5-6-13)10-3-2-4-11(15)12(10)16/h2-4,17H,5-9H2,1H3. The third kappa shape index (κ3) is 1.69. The van der Waals surface area contributed by atoms with Gasteiger partial charge in [0.05, 0.1) is 5.02 Å². The molecule has 1 aromatic carbocycles. The lowest BCUT2D eigenvalue weighted by Crippen LogP contribution is -2.49. The molecular weight excluding hydrogens is 237 g/mol. The summed E-state index contributed by atoms with van der Waals surface area (Å²) >= 11 is 5.89. The minimum absolute atomic E-state index is 0.0275. The van der Waals surface area contributed by atoms with Gasteiger partial charge in [-0.25, -0.2) is 4.39 Å². The van der Waals surface area contributed by atoms with Gasteiger partial charge in [0, 0.05) is 12.0 Å². The third-order valence-corrected chi connectivity index (χ3v) is 4.71. The molecule has 17 heavy (non-hydrogen) atoms. The number of benzene rings is 1. The van der Waals surface area contributed by atoms with Gasteiger partial charge in [0.15, 0.2) is 0 Å². The lowest BCUT2D eigenvalue weighted by Gasteiger charge is -2.49. The molecule has 0 heterocycles. The first-order valence-electron chi connectivity index (χ1n) is 6.20. The van der Waals surface area contributed by atoms with Crippen molar-refractivity contribution in [3.05, 3.63) is 34.6 Å². The predicted molar refractivity (Wildman–Crippen MR) is 67.9 cm³/mol. The summed E-state index contributed by atoms with van der Waals surface area (Å²) in [7, 11) is 1.93. The van der Waals surface area contributed by atoms with Crippen LogP contribution in [0.2, 0.25) is 5.02 Å². The molecule has 0 amide bonds. The van der Waals surface area contributed by atoms with Gasteiger partial charge < -0.3 is 5.32 Å². The van der Waals surface area contributed by atoms with Crippen molar-refractivity contribution >= 4 is 11.6 Å². The van der Waals surface area contributed by atoms with Crippen LogP contribution < -0.4 is 5.32 Å². The Morgan fingerprint density at radius 2 is 2.06 bits per heavy atom. The van der Waals surface area contributed by atoms with Gasteiger partial charge in [0.2, 0.25) is 0 Å². The molecule has 0 aromatic heterocycles. The molecule has 2 aliphatic carbocycles. The maximum atomic E-state index is 14.2. The lowest BCUT2D eigenvalue weighted by atomic mass is 9.56. The van der Waals surface area contributed by atoms with Gasteiger partial charge >= 0.3 is 0 Å². The van der Waals surface area contributed by atoms with Gasteiger partial charge in [0.1, 0.15) is 5.82 Å². The highest BCUT2D eigenvalue weighted by atomic mass is 35.5. The molecule has 0 bridgehead atoms. The Balaban J connectivity index is 1.96. The summed E-state index contributed by atoms with van der Waals surface area (Å²) in [4.78, 5) is 0. The first-order valence-corrected chi connectivity index (χ1v) is 6.58. The maximum Gasteiger partial charge on any atom is 0.145 e. The third-order valence-electron chi connectivity index (χ3n) is 4.42. The smallest absolute Gasteiger partial charge is 0.145 e. The molecule has 1 N–H and O–H groups in total. The maximum absolute atomic E-state index is 14.2. The number of likely N-dealkylation sites (N-methyl/N-ethyl adjacent to an activating group) is 1. The van der Waals surface area contributed by atoms with Crippen LogP contribution in [0.15, 0.2) is 18.2 Å². The zero-order valence-corrected chi connectivity index (χ0v) is 10.8. The zero-order chi connectivity index (χ0) is 12.1. The number of rotatable bonds is 3. The number of hydrogen-bond acceptors (Lipinski definition) is 1. The van der Waals surface area contributed by atoms with Gasteiger partial charge in [-0.15, -0.1) is 0 Å². The van der Waals surface area contributed by atoms with Crippen molar-refractivity contribution in [3.63, 3.8) is 0 Å². The summed E-state index contributed by atoms with van der Waals surface area (Å²) in [6, 6.07) is 5.38. The van der Waals surface area contributed by atoms with Crippen LogP contribution in [0.3, 0.4) is 0 Å². The Bertz CT molecular complexity index is 446. The van der Waals surface area contributed by atoms with Crippen LogP contribution in [0.5, 0.6) is 0 Å². The van der Waals surface area contributed by atoms with Crippen molar-refractivity contribution in [2.45, 2.75) is 31.1 Å². The Kier molecular flexibility index (Phi) is 2.50. The normalized spacial score (nSPS) is 23.5. The molecule has 0 atom stereocenters. The molecule has 1 nitrogen and oxygen atoms in total. The van der Waals surface area contributed by atoms with Crippen LogP contribution in [-0.2, 0) is 5.41 Å². The van der Waals surface area contributed by atoms with Crippen LogP contribution in [0, 0.1) is 11.2 Å². The summed E-state index contributed by atoms with van der Waals surface area (Å²) in [5.74, 6) is -0.222. The van der Waals surface area contributed by atoms with Crippen LogP contribution in [-0.4, -0.2) is 13.6 Å². The molecule has 2 saturated carbocycles. The molecule has 2 aliphatic rings. The highest BCUT2D eigenvalue weighted by Gasteiger charge is 2.61. The fraction of sp³-hybridized carbons (Fsp3) is 0.571. The van der Waals surface area contributed by atoms with E-state index in [0.717, 1.165) is 24.9 Å². The van der Waals surface area contributed by atoms with E-state index in [1.54, 1.807) is 6.07 Å². The van der Waals surface area contributed by atoms with Gasteiger partial charge in [-0.2, -0.15) is 0 Å². The van der Waals surface area contributed by atoms with Crippen molar-refractivity contribution < 1.29 is 4.39 Å². The molecule has 2 fully saturated rings. The minimum Gasteiger partial charge on any atom is -0.319 e. The minimum atomic E-state index is -0.222. The van der Waals surface area contributed by atoms with E-state index in [2.05, 4.69) is 5.32 Å². The SMILES string of the molecule is CNCC1(c2cccc(Cl)c2F)CC2(CC2)C1. The highest BCUT2D eigenvalue weighted by Crippen LogP contribution is 2.69. The van der Waals surface area contributed by atoms with E-state index < -0.39 is 0 Å². The molecule has 3 rings (SSSR count). The van der Waals surface area contributed by atoms with Gasteiger partial charge in [0.25, 0.3) is 0 Å². The summed E-state index contributed by atoms with van der Waals surface area (Å²) in [5, 5.41) is 3.46. The van der Waals surface area contributed by atoms with E-state index in [4.69, 9.17) is 11.6 Å². The molecule has 0 unspecified atom stereocenters. The largest absolute Gasteiger partial charge is 0.319 e. The Morgan fingerprint density at radius 1 is 1.35 bits per heavy atom. The average Bonchev–Trinajstić information content (AvgIpc) is 3.01. The molecule has 92 valence electrons. The molecule has 0 saturated heterocycles. The quantitative estimate of drug-likeness (QED) is 0.869. The molecule has 0 aliphatic heterocycles. The zero-order valence-electron chi connectivity index (χ0n) is 10.0. The second kappa shape index (κ2) is 3.69. The van der Waals surface area contributed by atoms with Gasteiger partial charge in [-0.05, 0) is 49.8 Å². The fourth-order valence-corrected chi connectivity index (χ4v) is 3.75. The lowest BCUT2D eigenvalue weighted by molar-refractivity contribution is 0.114. The Hall–Kier alpha value is -0.600. The van der Waals surface area contributed by atoms with E-state index in [0.29, 0.717) is 5.41 Å². The fourth-order valence-electron chi connectivity index (χ4n) is 3.58. The summed E-state index contributed by atoms with van der Waals surface area (Å²) in [6.07, 6.45) is 4.86. The first kappa shape index (κ1) is 11.5. The summed E-state index contributed by atoms with van der Waals surface area (Å²) in [5.41, 5.74) is 1.32. The summed E-state index contributed by atoms with van der Waals surface area (Å²) in [6.45, 7) is 0.839. The molecule has 1 spiro atoms. The average molecular weight is 254 g/mol. The van der Waals surface area contributed by atoms with Gasteiger partial charge in [-0.1, -0.05) is 23.7 Å². The topological polar surface area (TPSA) is 12.0 Å². The summed E-state index contributed by atoms with van der Waals surface area (Å²) < 4.78 is 14.2. The van der Waals surface area contributed by atoms with Crippen molar-refractivity contribution in [3.8, 4) is 0 Å². The molecule has 3 heteroatoms. The van der Waals surface area contributed by atoms with Crippen LogP contribution in [0.25, 0.3) is 0 Å². The monoisotopic (exact) mass is 253 g/mol. The van der Waals surface area contributed by atoms with Crippen molar-refractivity contribution in [1.29, 1.82) is 0 Å². The molecular formula is C14H17ClFN. The first-order chi connectivity index (χ1) is 8.11. The predicted octanol–water partition coefficient (Wildman–Crippen LogP) is 3.51. The Labute approximate surface area is 106 Å². The van der Waals surface area contributed by atoms with Crippen LogP contribution in [0.4, 0.5) is 4.39 Å². The van der Waals surface area contributed by atoms with Gasteiger partial charge in [-0.3, -0.25) is 0 Å². The molecule has 1 aromatic rings. The van der Waals surface area contributed by atoms with E-state index in [1.807, 2.05) is 19.2 Å². The number of hydrogen-bond donors (Lipinski definition) is 1.